The first-order chi connectivity index (χ1) is 11.6. The van der Waals surface area contributed by atoms with Crippen LogP contribution in [0, 0.1) is 13.8 Å². The Hall–Kier alpha value is -1.46. The van der Waals surface area contributed by atoms with Crippen molar-refractivity contribution in [2.45, 2.75) is 59.0 Å². The minimum atomic E-state index is 0.144. The number of hydrogen-bond acceptors (Lipinski definition) is 4. The van der Waals surface area contributed by atoms with E-state index < -0.39 is 0 Å². The molecule has 0 saturated carbocycles. The maximum absolute atomic E-state index is 12.8. The van der Waals surface area contributed by atoms with Crippen LogP contribution in [0.4, 0.5) is 5.13 Å². The summed E-state index contributed by atoms with van der Waals surface area (Å²) in [6.07, 6.45) is 4.78. The third-order valence-electron chi connectivity index (χ3n) is 4.76. The van der Waals surface area contributed by atoms with Crippen LogP contribution in [0.25, 0.3) is 10.2 Å². The highest BCUT2D eigenvalue weighted by Crippen LogP contribution is 2.33. The molecule has 1 fully saturated rings. The number of anilines is 1. The highest BCUT2D eigenvalue weighted by molar-refractivity contribution is 7.22. The van der Waals surface area contributed by atoms with Crippen molar-refractivity contribution in [3.05, 3.63) is 23.3 Å². The number of aromatic nitrogens is 1. The highest BCUT2D eigenvalue weighted by Gasteiger charge is 2.26. The molecule has 0 N–H and O–H groups in total. The fraction of sp³-hybridized carbons (Fsp3) is 0.579. The van der Waals surface area contributed by atoms with Gasteiger partial charge >= 0.3 is 0 Å². The van der Waals surface area contributed by atoms with Crippen molar-refractivity contribution in [1.82, 2.24) is 4.98 Å². The Balaban J connectivity index is 1.91. The topological polar surface area (TPSA) is 42.4 Å². The minimum absolute atomic E-state index is 0.144. The van der Waals surface area contributed by atoms with Gasteiger partial charge in [0.1, 0.15) is 0 Å². The van der Waals surface area contributed by atoms with Crippen molar-refractivity contribution in [2.24, 2.45) is 0 Å². The van der Waals surface area contributed by atoms with E-state index in [0.717, 1.165) is 47.6 Å². The summed E-state index contributed by atoms with van der Waals surface area (Å²) in [6, 6.07) is 4.24. The van der Waals surface area contributed by atoms with Crippen LogP contribution in [0.2, 0.25) is 0 Å². The molecule has 1 atom stereocenters. The zero-order valence-corrected chi connectivity index (χ0v) is 15.6. The Morgan fingerprint density at radius 3 is 2.96 bits per heavy atom. The second-order valence-electron chi connectivity index (χ2n) is 6.59. The van der Waals surface area contributed by atoms with Crippen LogP contribution in [0.5, 0.6) is 0 Å². The predicted octanol–water partition coefficient (Wildman–Crippen LogP) is 4.62. The average molecular weight is 346 g/mol. The maximum atomic E-state index is 12.8. The monoisotopic (exact) mass is 346 g/mol. The molecule has 1 amide bonds. The van der Waals surface area contributed by atoms with Crippen LogP contribution in [-0.4, -0.2) is 30.1 Å². The molecule has 2 heterocycles. The van der Waals surface area contributed by atoms with Crippen LogP contribution in [0.3, 0.4) is 0 Å². The average Bonchev–Trinajstić information content (AvgIpc) is 3.23. The number of unbranched alkanes of at least 4 members (excludes halogenated alkanes) is 1. The summed E-state index contributed by atoms with van der Waals surface area (Å²) in [7, 11) is 0. The molecule has 130 valence electrons. The first-order valence-corrected chi connectivity index (χ1v) is 9.70. The SMILES string of the molecule is CCCCC(=O)N(CC1CCCO1)c1nc2c(C)c(C)ccc2s1. The standard InChI is InChI=1S/C19H26N2O2S/c1-4-5-8-17(22)21(12-15-7-6-11-23-15)19-20-18-14(3)13(2)9-10-16(18)24-19/h9-10,15H,4-8,11-12H2,1-3H3. The van der Waals surface area contributed by atoms with Gasteiger partial charge in [-0.05, 0) is 50.3 Å². The lowest BCUT2D eigenvalue weighted by atomic mass is 10.1. The lowest BCUT2D eigenvalue weighted by Crippen LogP contribution is -2.37. The van der Waals surface area contributed by atoms with Gasteiger partial charge in [-0.1, -0.05) is 30.7 Å². The number of aryl methyl sites for hydroxylation is 2. The van der Waals surface area contributed by atoms with Crippen LogP contribution in [0.15, 0.2) is 12.1 Å². The van der Waals surface area contributed by atoms with Gasteiger partial charge in [-0.15, -0.1) is 0 Å². The summed E-state index contributed by atoms with van der Waals surface area (Å²) in [5, 5.41) is 0.815. The molecule has 0 spiro atoms. The number of hydrogen-bond donors (Lipinski definition) is 0. The molecular weight excluding hydrogens is 320 g/mol. The normalized spacial score (nSPS) is 17.5. The predicted molar refractivity (Wildman–Crippen MR) is 99.9 cm³/mol. The number of carbonyl (C=O) groups is 1. The third kappa shape index (κ3) is 3.62. The molecule has 1 aliphatic rings. The van der Waals surface area contributed by atoms with Gasteiger partial charge in [0.05, 0.1) is 22.9 Å². The molecule has 1 aromatic heterocycles. The van der Waals surface area contributed by atoms with Crippen molar-refractivity contribution in [3.63, 3.8) is 0 Å². The molecule has 1 unspecified atom stereocenters. The minimum Gasteiger partial charge on any atom is -0.376 e. The van der Waals surface area contributed by atoms with E-state index in [1.807, 2.05) is 4.90 Å². The van der Waals surface area contributed by atoms with E-state index in [4.69, 9.17) is 9.72 Å². The molecule has 24 heavy (non-hydrogen) atoms. The summed E-state index contributed by atoms with van der Waals surface area (Å²) in [5.74, 6) is 0.167. The number of nitrogens with zero attached hydrogens (tertiary/aromatic N) is 2. The molecular formula is C19H26N2O2S. The highest BCUT2D eigenvalue weighted by atomic mass is 32.1. The fourth-order valence-corrected chi connectivity index (χ4v) is 4.12. The van der Waals surface area contributed by atoms with Gasteiger partial charge in [0.15, 0.2) is 5.13 Å². The van der Waals surface area contributed by atoms with Gasteiger partial charge in [0.2, 0.25) is 5.91 Å². The van der Waals surface area contributed by atoms with Crippen LogP contribution >= 0.6 is 11.3 Å². The van der Waals surface area contributed by atoms with Gasteiger partial charge in [0, 0.05) is 13.0 Å². The lowest BCUT2D eigenvalue weighted by Gasteiger charge is -2.23. The number of thiazole rings is 1. The molecule has 5 heteroatoms. The Morgan fingerprint density at radius 1 is 1.42 bits per heavy atom. The van der Waals surface area contributed by atoms with Gasteiger partial charge in [-0.2, -0.15) is 0 Å². The van der Waals surface area contributed by atoms with E-state index in [1.165, 1.54) is 11.1 Å². The van der Waals surface area contributed by atoms with Crippen molar-refractivity contribution in [3.8, 4) is 0 Å². The summed E-state index contributed by atoms with van der Waals surface area (Å²) in [5.41, 5.74) is 3.46. The van der Waals surface area contributed by atoms with Gasteiger partial charge in [0.25, 0.3) is 0 Å². The Bertz CT molecular complexity index is 719. The second-order valence-corrected chi connectivity index (χ2v) is 7.60. The van der Waals surface area contributed by atoms with Crippen LogP contribution < -0.4 is 4.90 Å². The van der Waals surface area contributed by atoms with E-state index >= 15 is 0 Å². The summed E-state index contributed by atoms with van der Waals surface area (Å²) >= 11 is 1.61. The number of carbonyl (C=O) groups excluding carboxylic acids is 1. The zero-order chi connectivity index (χ0) is 17.1. The quantitative estimate of drug-likeness (QED) is 0.767. The number of ether oxygens (including phenoxy) is 1. The summed E-state index contributed by atoms with van der Waals surface area (Å²) < 4.78 is 6.91. The van der Waals surface area contributed by atoms with Gasteiger partial charge in [-0.25, -0.2) is 4.98 Å². The molecule has 2 aromatic rings. The molecule has 0 bridgehead atoms. The van der Waals surface area contributed by atoms with E-state index in [9.17, 15) is 4.79 Å². The molecule has 4 nitrogen and oxygen atoms in total. The third-order valence-corrected chi connectivity index (χ3v) is 5.80. The van der Waals surface area contributed by atoms with Crippen LogP contribution in [0.1, 0.15) is 50.2 Å². The summed E-state index contributed by atoms with van der Waals surface area (Å²) in [4.78, 5) is 19.4. The zero-order valence-electron chi connectivity index (χ0n) is 14.8. The molecule has 3 rings (SSSR count). The van der Waals surface area contributed by atoms with Crippen LogP contribution in [-0.2, 0) is 9.53 Å². The Kier molecular flexibility index (Phi) is 5.51. The van der Waals surface area contributed by atoms with E-state index in [0.29, 0.717) is 13.0 Å². The lowest BCUT2D eigenvalue weighted by molar-refractivity contribution is -0.119. The molecule has 1 aliphatic heterocycles. The molecule has 1 saturated heterocycles. The number of benzene rings is 1. The Morgan fingerprint density at radius 2 is 2.25 bits per heavy atom. The second kappa shape index (κ2) is 7.62. The van der Waals surface area contributed by atoms with Crippen molar-refractivity contribution >= 4 is 32.6 Å². The van der Waals surface area contributed by atoms with Gasteiger partial charge in [-0.3, -0.25) is 9.69 Å². The molecule has 0 radical (unpaired) electrons. The Labute approximate surface area is 147 Å². The number of amides is 1. The van der Waals surface area contributed by atoms with Crippen molar-refractivity contribution in [1.29, 1.82) is 0 Å². The van der Waals surface area contributed by atoms with Gasteiger partial charge < -0.3 is 4.74 Å². The van der Waals surface area contributed by atoms with E-state index in [-0.39, 0.29) is 12.0 Å². The smallest absolute Gasteiger partial charge is 0.228 e. The molecule has 0 aliphatic carbocycles. The molecule has 1 aromatic carbocycles. The van der Waals surface area contributed by atoms with Crippen molar-refractivity contribution in [2.75, 3.05) is 18.1 Å². The van der Waals surface area contributed by atoms with Crippen molar-refractivity contribution < 1.29 is 9.53 Å². The first-order valence-electron chi connectivity index (χ1n) is 8.89. The maximum Gasteiger partial charge on any atom is 0.228 e. The van der Waals surface area contributed by atoms with E-state index in [2.05, 4.69) is 32.9 Å². The summed E-state index contributed by atoms with van der Waals surface area (Å²) in [6.45, 7) is 7.75. The fourth-order valence-electron chi connectivity index (χ4n) is 3.07. The number of fused-ring (bicyclic) bond motifs is 1. The van der Waals surface area contributed by atoms with E-state index in [1.54, 1.807) is 11.3 Å². The largest absolute Gasteiger partial charge is 0.376 e. The first kappa shape index (κ1) is 17.4. The number of rotatable bonds is 6.